The molecule has 1 atom stereocenters. The fourth-order valence-electron chi connectivity index (χ4n) is 1.69. The highest BCUT2D eigenvalue weighted by Crippen LogP contribution is 2.19. The quantitative estimate of drug-likeness (QED) is 0.565. The van der Waals surface area contributed by atoms with E-state index in [-0.39, 0.29) is 10.8 Å². The second kappa shape index (κ2) is 11.1. The summed E-state index contributed by atoms with van der Waals surface area (Å²) in [5.74, 6) is 0. The molecule has 106 valence electrons. The van der Waals surface area contributed by atoms with Crippen LogP contribution in [0.15, 0.2) is 0 Å². The maximum absolute atomic E-state index is 6.06. The normalized spacial score (nSPS) is 13.2. The van der Waals surface area contributed by atoms with Crippen molar-refractivity contribution >= 4 is 8.80 Å². The minimum atomic E-state index is -2.38. The van der Waals surface area contributed by atoms with Crippen molar-refractivity contribution < 1.29 is 18.0 Å². The molecule has 0 aliphatic rings. The lowest BCUT2D eigenvalue weighted by Gasteiger charge is -2.30. The molecule has 17 heavy (non-hydrogen) atoms. The SMILES string of the molecule is CCCCC(C)O[Si](CC)(OCC)OCC.F. The molecule has 0 aromatic carbocycles. The minimum Gasteiger partial charge on any atom is -0.374 e. The van der Waals surface area contributed by atoms with Gasteiger partial charge in [0.2, 0.25) is 0 Å². The van der Waals surface area contributed by atoms with Crippen LogP contribution in [0.3, 0.4) is 0 Å². The molecule has 0 rings (SSSR count). The summed E-state index contributed by atoms with van der Waals surface area (Å²) < 4.78 is 17.6. The second-order valence-electron chi connectivity index (χ2n) is 3.97. The average Bonchev–Trinajstić information content (AvgIpc) is 2.27. The third-order valence-corrected chi connectivity index (χ3v) is 5.59. The van der Waals surface area contributed by atoms with Crippen LogP contribution in [0.25, 0.3) is 0 Å². The van der Waals surface area contributed by atoms with E-state index in [0.717, 1.165) is 12.5 Å². The standard InChI is InChI=1S/C12H28O3Si.FH/c1-6-10-11-12(5)15-16(9-4,13-7-2)14-8-3;/h12H,6-11H2,1-5H3;1H. The molecule has 0 fully saturated rings. The van der Waals surface area contributed by atoms with Gasteiger partial charge in [0, 0.05) is 25.4 Å². The highest BCUT2D eigenvalue weighted by Gasteiger charge is 2.39. The Morgan fingerprint density at radius 1 is 1.00 bits per heavy atom. The van der Waals surface area contributed by atoms with E-state index in [1.54, 1.807) is 0 Å². The van der Waals surface area contributed by atoms with E-state index in [0.29, 0.717) is 13.2 Å². The maximum Gasteiger partial charge on any atom is 0.500 e. The largest absolute Gasteiger partial charge is 0.500 e. The summed E-state index contributed by atoms with van der Waals surface area (Å²) in [6.07, 6.45) is 3.74. The summed E-state index contributed by atoms with van der Waals surface area (Å²) in [6, 6.07) is 0.852. The van der Waals surface area contributed by atoms with Crippen molar-refractivity contribution in [1.29, 1.82) is 0 Å². The van der Waals surface area contributed by atoms with Gasteiger partial charge in [-0.25, -0.2) is 0 Å². The molecule has 0 aromatic rings. The molecule has 0 N–H and O–H groups in total. The Morgan fingerprint density at radius 2 is 1.53 bits per heavy atom. The van der Waals surface area contributed by atoms with Gasteiger partial charge in [-0.2, -0.15) is 0 Å². The molecule has 5 heteroatoms. The van der Waals surface area contributed by atoms with Gasteiger partial charge in [0.05, 0.1) is 0 Å². The van der Waals surface area contributed by atoms with E-state index in [1.165, 1.54) is 12.8 Å². The topological polar surface area (TPSA) is 27.7 Å². The summed E-state index contributed by atoms with van der Waals surface area (Å²) in [5, 5.41) is 0. The van der Waals surface area contributed by atoms with Gasteiger partial charge in [0.15, 0.2) is 0 Å². The molecular weight excluding hydrogens is 239 g/mol. The summed E-state index contributed by atoms with van der Waals surface area (Å²) >= 11 is 0. The lowest BCUT2D eigenvalue weighted by molar-refractivity contribution is 0.0359. The van der Waals surface area contributed by atoms with Gasteiger partial charge < -0.3 is 13.3 Å². The Balaban J connectivity index is 0. The first-order chi connectivity index (χ1) is 7.64. The van der Waals surface area contributed by atoms with Crippen LogP contribution in [-0.2, 0) is 13.3 Å². The van der Waals surface area contributed by atoms with Crippen LogP contribution >= 0.6 is 0 Å². The van der Waals surface area contributed by atoms with Crippen LogP contribution in [0, 0.1) is 0 Å². The van der Waals surface area contributed by atoms with Gasteiger partial charge in [0.1, 0.15) is 0 Å². The predicted molar refractivity (Wildman–Crippen MR) is 72.1 cm³/mol. The average molecular weight is 268 g/mol. The van der Waals surface area contributed by atoms with Crippen molar-refractivity contribution in [2.75, 3.05) is 13.2 Å². The van der Waals surface area contributed by atoms with Gasteiger partial charge >= 0.3 is 8.80 Å². The summed E-state index contributed by atoms with van der Waals surface area (Å²) in [4.78, 5) is 0. The van der Waals surface area contributed by atoms with Crippen molar-refractivity contribution in [2.45, 2.75) is 66.0 Å². The van der Waals surface area contributed by atoms with Gasteiger partial charge in [-0.05, 0) is 27.2 Å². The van der Waals surface area contributed by atoms with Crippen LogP contribution < -0.4 is 0 Å². The molecule has 0 radical (unpaired) electrons. The van der Waals surface area contributed by atoms with Gasteiger partial charge in [-0.3, -0.25) is 4.70 Å². The third-order valence-electron chi connectivity index (χ3n) is 2.51. The number of hydrogen-bond donors (Lipinski definition) is 0. The first-order valence-corrected chi connectivity index (χ1v) is 8.52. The summed E-state index contributed by atoms with van der Waals surface area (Å²) in [5.41, 5.74) is 0. The van der Waals surface area contributed by atoms with E-state index in [1.807, 2.05) is 13.8 Å². The van der Waals surface area contributed by atoms with E-state index in [9.17, 15) is 0 Å². The van der Waals surface area contributed by atoms with Gasteiger partial charge in [-0.1, -0.05) is 26.7 Å². The Morgan fingerprint density at radius 3 is 1.88 bits per heavy atom. The summed E-state index contributed by atoms with van der Waals surface area (Å²) in [6.45, 7) is 11.7. The van der Waals surface area contributed by atoms with E-state index < -0.39 is 8.80 Å². The molecule has 0 bridgehead atoms. The van der Waals surface area contributed by atoms with Gasteiger partial charge in [0.25, 0.3) is 0 Å². The van der Waals surface area contributed by atoms with Crippen molar-refractivity contribution in [1.82, 2.24) is 0 Å². The van der Waals surface area contributed by atoms with Crippen molar-refractivity contribution in [3.8, 4) is 0 Å². The lowest BCUT2D eigenvalue weighted by atomic mass is 10.2. The Bertz CT molecular complexity index is 164. The molecule has 0 spiro atoms. The van der Waals surface area contributed by atoms with Crippen LogP contribution in [0.1, 0.15) is 53.9 Å². The fraction of sp³-hybridized carbons (Fsp3) is 1.00. The van der Waals surface area contributed by atoms with Gasteiger partial charge in [-0.15, -0.1) is 0 Å². The van der Waals surface area contributed by atoms with Crippen molar-refractivity contribution in [2.24, 2.45) is 0 Å². The molecule has 0 saturated heterocycles. The Labute approximate surface area is 107 Å². The molecule has 1 unspecified atom stereocenters. The molecule has 0 aliphatic carbocycles. The number of halogens is 1. The lowest BCUT2D eigenvalue weighted by Crippen LogP contribution is -2.47. The molecule has 3 nitrogen and oxygen atoms in total. The number of hydrogen-bond acceptors (Lipinski definition) is 3. The highest BCUT2D eigenvalue weighted by atomic mass is 28.4. The predicted octanol–water partition coefficient (Wildman–Crippen LogP) is 3.77. The third kappa shape index (κ3) is 7.86. The summed E-state index contributed by atoms with van der Waals surface area (Å²) in [7, 11) is -2.38. The molecule has 0 saturated carbocycles. The fourth-order valence-corrected chi connectivity index (χ4v) is 4.10. The second-order valence-corrected chi connectivity index (χ2v) is 6.86. The van der Waals surface area contributed by atoms with Crippen molar-refractivity contribution in [3.63, 3.8) is 0 Å². The first-order valence-electron chi connectivity index (χ1n) is 6.59. The van der Waals surface area contributed by atoms with Crippen molar-refractivity contribution in [3.05, 3.63) is 0 Å². The zero-order chi connectivity index (χ0) is 12.4. The number of rotatable bonds is 10. The van der Waals surface area contributed by atoms with Crippen LogP contribution in [0.5, 0.6) is 0 Å². The van der Waals surface area contributed by atoms with E-state index in [2.05, 4.69) is 20.8 Å². The highest BCUT2D eigenvalue weighted by molar-refractivity contribution is 6.60. The van der Waals surface area contributed by atoms with Crippen LogP contribution in [0.2, 0.25) is 6.04 Å². The Kier molecular flexibility index (Phi) is 12.7. The molecular formula is C12H29FO3Si. The molecule has 0 amide bonds. The molecule has 0 aromatic heterocycles. The van der Waals surface area contributed by atoms with Crippen LogP contribution in [-0.4, -0.2) is 28.1 Å². The monoisotopic (exact) mass is 268 g/mol. The molecule has 0 aliphatic heterocycles. The first kappa shape index (κ1) is 19.4. The minimum absolute atomic E-state index is 0. The zero-order valence-corrected chi connectivity index (χ0v) is 13.0. The van der Waals surface area contributed by atoms with E-state index >= 15 is 0 Å². The Hall–Kier alpha value is 0.0269. The van der Waals surface area contributed by atoms with E-state index in [4.69, 9.17) is 13.3 Å². The number of unbranched alkanes of at least 4 members (excludes halogenated alkanes) is 1. The zero-order valence-electron chi connectivity index (χ0n) is 12.0. The van der Waals surface area contributed by atoms with Crippen LogP contribution in [0.4, 0.5) is 4.70 Å². The maximum atomic E-state index is 6.06. The smallest absolute Gasteiger partial charge is 0.374 e. The molecule has 0 heterocycles.